The highest BCUT2D eigenvalue weighted by Crippen LogP contribution is 2.37. The van der Waals surface area contributed by atoms with Gasteiger partial charge >= 0.3 is 30.2 Å². The van der Waals surface area contributed by atoms with E-state index in [1.807, 2.05) is 11.9 Å². The van der Waals surface area contributed by atoms with Gasteiger partial charge in [0.2, 0.25) is 11.9 Å². The molecule has 0 aromatic heterocycles. The lowest BCUT2D eigenvalue weighted by molar-refractivity contribution is -0.172. The predicted molar refractivity (Wildman–Crippen MR) is 254 cm³/mol. The fourth-order valence-corrected chi connectivity index (χ4v) is 12.1. The van der Waals surface area contributed by atoms with Crippen molar-refractivity contribution < 1.29 is 43.0 Å². The highest BCUT2D eigenvalue weighted by atomic mass is 16.6. The maximum atomic E-state index is 14.2. The summed E-state index contributed by atoms with van der Waals surface area (Å²) < 4.78 is 17.2. The number of piperazine rings is 1. The highest BCUT2D eigenvalue weighted by molar-refractivity contribution is 6.08. The number of imide groups is 1. The standard InChI is InChI=1S/C51H83N7O9/c1-54(27-15-14-19-38-17-6-2-7-18-38)50(63)55-29-31-56(32-30-55)51(64)58-44(46(60)65-35-39-20-8-3-9-21-39)43(45(58)59)33-42-26-16-28-57(34-42)47(52-48(61)66-36-40-22-10-4-11-23-40)53-49(62)67-37-41-24-12-5-13-25-41/h38-44H,2-37H2,1H3,(H,52,53,61,62)/t42?,43-,44?/m1/s1. The number of unbranched alkanes of at least 4 members (excludes halogenated alkanes) is 1. The van der Waals surface area contributed by atoms with Crippen molar-refractivity contribution in [3.63, 3.8) is 0 Å². The quantitative estimate of drug-likeness (QED) is 0.0443. The summed E-state index contributed by atoms with van der Waals surface area (Å²) in [5, 5.41) is 2.76. The number of ether oxygens (including phenoxy) is 3. The van der Waals surface area contributed by atoms with E-state index in [0.717, 1.165) is 107 Å². The first-order valence-electron chi connectivity index (χ1n) is 26.9. The third-order valence-corrected chi connectivity index (χ3v) is 16.2. The second-order valence-corrected chi connectivity index (χ2v) is 21.3. The van der Waals surface area contributed by atoms with Gasteiger partial charge in [-0.2, -0.15) is 0 Å². The Morgan fingerprint density at radius 1 is 0.597 bits per heavy atom. The van der Waals surface area contributed by atoms with Crippen LogP contribution in [0.5, 0.6) is 0 Å². The van der Waals surface area contributed by atoms with Crippen LogP contribution in [0.25, 0.3) is 0 Å². The SMILES string of the molecule is CN(CCCCC1CCCCC1)C(=O)N1CCN(C(=O)N2C(=O)[C@H](CC3CCCN(/C(=N/C(=O)OCC4CCCCC4)NC(=O)OCC4CCCCC4)C3)C2C(=O)OCC2CCCCC2)CC1. The zero-order valence-corrected chi connectivity index (χ0v) is 40.9. The monoisotopic (exact) mass is 938 g/mol. The summed E-state index contributed by atoms with van der Waals surface area (Å²) in [6, 6.07) is -1.63. The number of alkyl carbamates (subject to hydrolysis) is 1. The minimum atomic E-state index is -1.06. The Labute approximate surface area is 399 Å². The topological polar surface area (TPSA) is 171 Å². The number of β-lactam (4-membered cyclic amide) rings is 1. The Hall–Kier alpha value is -4.11. The molecule has 0 spiro atoms. The molecule has 7 amide bonds. The number of urea groups is 2. The first-order chi connectivity index (χ1) is 32.6. The molecule has 3 aliphatic heterocycles. The number of aliphatic imine (C=N–C) groups is 1. The number of nitrogens with zero attached hydrogens (tertiary/aromatic N) is 6. The van der Waals surface area contributed by atoms with E-state index < -0.39 is 42.1 Å². The smallest absolute Gasteiger partial charge is 0.436 e. The molecule has 0 bridgehead atoms. The Balaban J connectivity index is 0.958. The Morgan fingerprint density at radius 2 is 1.12 bits per heavy atom. The van der Waals surface area contributed by atoms with Crippen LogP contribution in [-0.4, -0.2) is 145 Å². The third kappa shape index (κ3) is 14.9. The minimum absolute atomic E-state index is 0.0494. The van der Waals surface area contributed by atoms with E-state index in [2.05, 4.69) is 10.3 Å². The number of hydrogen-bond donors (Lipinski definition) is 1. The van der Waals surface area contributed by atoms with Gasteiger partial charge in [0.25, 0.3) is 0 Å². The van der Waals surface area contributed by atoms with Gasteiger partial charge in [-0.15, -0.1) is 4.99 Å². The van der Waals surface area contributed by atoms with E-state index in [1.54, 1.807) is 14.7 Å². The first kappa shape index (κ1) is 50.8. The highest BCUT2D eigenvalue weighted by Gasteiger charge is 2.57. The van der Waals surface area contributed by atoms with Crippen molar-refractivity contribution in [2.45, 2.75) is 173 Å². The zero-order valence-electron chi connectivity index (χ0n) is 40.9. The number of guanidine groups is 1. The molecule has 2 unspecified atom stereocenters. The molecule has 7 rings (SSSR count). The summed E-state index contributed by atoms with van der Waals surface area (Å²) in [6.07, 6.45) is 26.6. The molecule has 67 heavy (non-hydrogen) atoms. The van der Waals surface area contributed by atoms with Crippen molar-refractivity contribution >= 4 is 42.1 Å². The molecule has 1 N–H and O–H groups in total. The van der Waals surface area contributed by atoms with Gasteiger partial charge in [0.1, 0.15) is 0 Å². The van der Waals surface area contributed by atoms with Gasteiger partial charge in [0.15, 0.2) is 6.04 Å². The number of amides is 7. The van der Waals surface area contributed by atoms with Crippen LogP contribution in [0.2, 0.25) is 0 Å². The summed E-state index contributed by atoms with van der Waals surface area (Å²) in [5.41, 5.74) is 0. The van der Waals surface area contributed by atoms with Crippen LogP contribution < -0.4 is 5.32 Å². The van der Waals surface area contributed by atoms with Crippen LogP contribution in [0.1, 0.15) is 167 Å². The van der Waals surface area contributed by atoms with Crippen molar-refractivity contribution in [2.75, 3.05) is 72.7 Å². The van der Waals surface area contributed by atoms with Crippen LogP contribution in [0, 0.1) is 35.5 Å². The molecule has 7 aliphatic rings. The molecular formula is C51H83N7O9. The number of hydrogen-bond acceptors (Lipinski definition) is 9. The fourth-order valence-electron chi connectivity index (χ4n) is 12.1. The lowest BCUT2D eigenvalue weighted by Gasteiger charge is -2.48. The second kappa shape index (κ2) is 26.0. The number of nitrogens with one attached hydrogen (secondary N) is 1. The van der Waals surface area contributed by atoms with E-state index in [-0.39, 0.29) is 50.1 Å². The molecule has 4 saturated carbocycles. The van der Waals surface area contributed by atoms with Crippen molar-refractivity contribution in [3.8, 4) is 0 Å². The second-order valence-electron chi connectivity index (χ2n) is 21.3. The summed E-state index contributed by atoms with van der Waals surface area (Å²) in [5.74, 6) is -0.0827. The molecule has 4 aliphatic carbocycles. The zero-order chi connectivity index (χ0) is 47.0. The van der Waals surface area contributed by atoms with Crippen LogP contribution in [-0.2, 0) is 23.8 Å². The number of likely N-dealkylation sites (tertiary alicyclic amines) is 2. The molecule has 7 fully saturated rings. The molecule has 376 valence electrons. The van der Waals surface area contributed by atoms with E-state index in [0.29, 0.717) is 64.0 Å². The molecule has 3 saturated heterocycles. The Kier molecular flexibility index (Phi) is 19.7. The molecule has 0 aromatic carbocycles. The molecule has 0 radical (unpaired) electrons. The lowest BCUT2D eigenvalue weighted by Crippen LogP contribution is -2.70. The maximum Gasteiger partial charge on any atom is 0.436 e. The number of piperidine rings is 1. The van der Waals surface area contributed by atoms with Crippen LogP contribution in [0.3, 0.4) is 0 Å². The summed E-state index contributed by atoms with van der Waals surface area (Å²) >= 11 is 0. The molecule has 3 heterocycles. The lowest BCUT2D eigenvalue weighted by atomic mass is 9.78. The van der Waals surface area contributed by atoms with Gasteiger partial charge in [-0.3, -0.25) is 10.1 Å². The summed E-state index contributed by atoms with van der Waals surface area (Å²) in [7, 11) is 1.85. The van der Waals surface area contributed by atoms with E-state index >= 15 is 0 Å². The number of esters is 1. The van der Waals surface area contributed by atoms with Gasteiger partial charge in [-0.25, -0.2) is 28.9 Å². The van der Waals surface area contributed by atoms with Gasteiger partial charge in [-0.1, -0.05) is 103 Å². The Morgan fingerprint density at radius 3 is 1.72 bits per heavy atom. The van der Waals surface area contributed by atoms with Gasteiger partial charge in [-0.05, 0) is 93.8 Å². The van der Waals surface area contributed by atoms with E-state index in [4.69, 9.17) is 14.2 Å². The molecule has 0 aromatic rings. The Bertz CT molecular complexity index is 1660. The average Bonchev–Trinajstić information content (AvgIpc) is 3.37. The van der Waals surface area contributed by atoms with E-state index in [9.17, 15) is 28.8 Å². The molecule has 16 heteroatoms. The summed E-state index contributed by atoms with van der Waals surface area (Å²) in [6.45, 7) is 3.64. The average molecular weight is 938 g/mol. The van der Waals surface area contributed by atoms with Crippen molar-refractivity contribution in [1.82, 2.24) is 29.8 Å². The number of carbonyl (C=O) groups is 6. The van der Waals surface area contributed by atoms with Crippen LogP contribution in [0.15, 0.2) is 4.99 Å². The van der Waals surface area contributed by atoms with Crippen molar-refractivity contribution in [3.05, 3.63) is 0 Å². The number of carbonyl (C=O) groups excluding carboxylic acids is 6. The molecule has 3 atom stereocenters. The summed E-state index contributed by atoms with van der Waals surface area (Å²) in [4.78, 5) is 94.6. The van der Waals surface area contributed by atoms with Crippen LogP contribution >= 0.6 is 0 Å². The number of rotatable bonds is 14. The normalized spacial score (nSPS) is 25.3. The maximum absolute atomic E-state index is 14.2. The predicted octanol–water partition coefficient (Wildman–Crippen LogP) is 8.96. The van der Waals surface area contributed by atoms with Crippen molar-refractivity contribution in [1.29, 1.82) is 0 Å². The first-order valence-corrected chi connectivity index (χ1v) is 26.9. The third-order valence-electron chi connectivity index (χ3n) is 16.2. The molecular weight excluding hydrogens is 855 g/mol. The molecule has 16 nitrogen and oxygen atoms in total. The minimum Gasteiger partial charge on any atom is -0.464 e. The van der Waals surface area contributed by atoms with Gasteiger partial charge in [0.05, 0.1) is 25.7 Å². The van der Waals surface area contributed by atoms with Gasteiger partial charge in [0, 0.05) is 52.9 Å². The van der Waals surface area contributed by atoms with Gasteiger partial charge < -0.3 is 33.8 Å². The van der Waals surface area contributed by atoms with Crippen LogP contribution in [0.4, 0.5) is 19.2 Å². The van der Waals surface area contributed by atoms with Crippen molar-refractivity contribution in [2.24, 2.45) is 40.5 Å². The fraction of sp³-hybridized carbons (Fsp3) is 0.863. The largest absolute Gasteiger partial charge is 0.464 e. The van der Waals surface area contributed by atoms with E-state index in [1.165, 1.54) is 57.8 Å².